The number of hydrogen-bond donors (Lipinski definition) is 2. The summed E-state index contributed by atoms with van der Waals surface area (Å²) in [7, 11) is 0. The molecule has 0 bridgehead atoms. The van der Waals surface area contributed by atoms with Crippen LogP contribution in [-0.2, 0) is 6.42 Å². The zero-order valence-electron chi connectivity index (χ0n) is 11.9. The van der Waals surface area contributed by atoms with Crippen molar-refractivity contribution in [2.75, 3.05) is 18.1 Å². The molecule has 1 fully saturated rings. The monoisotopic (exact) mass is 279 g/mol. The highest BCUT2D eigenvalue weighted by Crippen LogP contribution is 2.33. The summed E-state index contributed by atoms with van der Waals surface area (Å²) in [5, 5.41) is 13.2. The van der Waals surface area contributed by atoms with Crippen molar-refractivity contribution >= 4 is 11.8 Å². The number of thioether (sulfide) groups is 1. The highest BCUT2D eigenvalue weighted by molar-refractivity contribution is 7.99. The van der Waals surface area contributed by atoms with Crippen molar-refractivity contribution in [3.63, 3.8) is 0 Å². The second kappa shape index (κ2) is 6.78. The van der Waals surface area contributed by atoms with Gasteiger partial charge in [-0.1, -0.05) is 44.2 Å². The van der Waals surface area contributed by atoms with Crippen molar-refractivity contribution in [1.29, 1.82) is 0 Å². The van der Waals surface area contributed by atoms with Crippen molar-refractivity contribution in [3.8, 4) is 0 Å². The van der Waals surface area contributed by atoms with Crippen molar-refractivity contribution in [2.24, 2.45) is 5.41 Å². The highest BCUT2D eigenvalue weighted by Gasteiger charge is 2.29. The average Bonchev–Trinajstić information content (AvgIpc) is 2.38. The molecule has 0 amide bonds. The van der Waals surface area contributed by atoms with Crippen LogP contribution in [0.2, 0.25) is 0 Å². The lowest BCUT2D eigenvalue weighted by atomic mass is 9.87. The van der Waals surface area contributed by atoms with Crippen molar-refractivity contribution in [3.05, 3.63) is 35.9 Å². The average molecular weight is 279 g/mol. The van der Waals surface area contributed by atoms with Gasteiger partial charge in [0.1, 0.15) is 0 Å². The van der Waals surface area contributed by atoms with E-state index in [1.807, 2.05) is 17.8 Å². The molecule has 1 saturated heterocycles. The molecule has 1 aliphatic rings. The minimum absolute atomic E-state index is 0.168. The molecule has 1 aromatic rings. The van der Waals surface area contributed by atoms with Gasteiger partial charge in [0.25, 0.3) is 0 Å². The van der Waals surface area contributed by atoms with Gasteiger partial charge >= 0.3 is 0 Å². The van der Waals surface area contributed by atoms with Crippen LogP contribution >= 0.6 is 11.8 Å². The lowest BCUT2D eigenvalue weighted by Crippen LogP contribution is -2.47. The summed E-state index contributed by atoms with van der Waals surface area (Å²) in [5.74, 6) is 2.41. The maximum atomic E-state index is 9.58. The predicted molar refractivity (Wildman–Crippen MR) is 83.7 cm³/mol. The van der Waals surface area contributed by atoms with E-state index in [9.17, 15) is 5.11 Å². The lowest BCUT2D eigenvalue weighted by molar-refractivity contribution is 0.216. The molecule has 0 aromatic heterocycles. The van der Waals surface area contributed by atoms with Crippen LogP contribution in [0.4, 0.5) is 0 Å². The number of benzene rings is 1. The van der Waals surface area contributed by atoms with E-state index in [1.165, 1.54) is 17.7 Å². The first-order valence-corrected chi connectivity index (χ1v) is 8.23. The Balaban J connectivity index is 1.88. The molecule has 19 heavy (non-hydrogen) atoms. The third kappa shape index (κ3) is 4.83. The zero-order chi connectivity index (χ0) is 13.7. The minimum Gasteiger partial charge on any atom is -0.395 e. The molecule has 1 unspecified atom stereocenters. The van der Waals surface area contributed by atoms with E-state index >= 15 is 0 Å². The Kier molecular flexibility index (Phi) is 5.31. The molecule has 2 N–H and O–H groups in total. The van der Waals surface area contributed by atoms with Crippen molar-refractivity contribution in [1.82, 2.24) is 5.32 Å². The summed E-state index contributed by atoms with van der Waals surface area (Å²) in [4.78, 5) is 0. The first-order chi connectivity index (χ1) is 9.09. The third-order valence-electron chi connectivity index (χ3n) is 3.63. The van der Waals surface area contributed by atoms with Gasteiger partial charge in [-0.05, 0) is 29.6 Å². The Morgan fingerprint density at radius 2 is 2.11 bits per heavy atom. The normalized spacial score (nSPS) is 24.1. The molecule has 1 heterocycles. The molecular formula is C16H25NOS. The lowest BCUT2D eigenvalue weighted by Gasteiger charge is -2.37. The Labute approximate surface area is 121 Å². The van der Waals surface area contributed by atoms with Gasteiger partial charge < -0.3 is 10.4 Å². The van der Waals surface area contributed by atoms with Crippen molar-refractivity contribution in [2.45, 2.75) is 38.8 Å². The molecular weight excluding hydrogens is 254 g/mol. The summed E-state index contributed by atoms with van der Waals surface area (Å²) < 4.78 is 0. The Morgan fingerprint density at radius 3 is 2.74 bits per heavy atom. The van der Waals surface area contributed by atoms with E-state index in [4.69, 9.17) is 0 Å². The molecule has 0 radical (unpaired) electrons. The molecule has 0 spiro atoms. The zero-order valence-corrected chi connectivity index (χ0v) is 12.7. The quantitative estimate of drug-likeness (QED) is 0.869. The van der Waals surface area contributed by atoms with Gasteiger partial charge in [0.15, 0.2) is 0 Å². The maximum absolute atomic E-state index is 9.58. The van der Waals surface area contributed by atoms with Crippen LogP contribution in [0, 0.1) is 5.41 Å². The summed E-state index contributed by atoms with van der Waals surface area (Å²) in [6, 6.07) is 11.1. The summed E-state index contributed by atoms with van der Waals surface area (Å²) in [5.41, 5.74) is 1.70. The molecule has 2 atom stereocenters. The summed E-state index contributed by atoms with van der Waals surface area (Å²) in [6.45, 7) is 4.87. The fourth-order valence-corrected chi connectivity index (χ4v) is 4.06. The van der Waals surface area contributed by atoms with Gasteiger partial charge in [0.05, 0.1) is 6.61 Å². The van der Waals surface area contributed by atoms with E-state index in [0.717, 1.165) is 12.2 Å². The summed E-state index contributed by atoms with van der Waals surface area (Å²) in [6.07, 6.45) is 2.10. The Bertz CT molecular complexity index is 380. The number of aliphatic hydroxyl groups excluding tert-OH is 1. The molecule has 3 heteroatoms. The molecule has 106 valence electrons. The standard InChI is InChI=1S/C16H25NOS/c1-16(2)9-15(11-19-12-16)17-14(10-18)8-13-6-4-3-5-7-13/h3-7,14-15,17-18H,8-12H2,1-2H3/t14-,15?/m1/s1. The fourth-order valence-electron chi connectivity index (χ4n) is 2.78. The molecule has 1 aliphatic heterocycles. The molecule has 1 aromatic carbocycles. The van der Waals surface area contributed by atoms with Gasteiger partial charge in [-0.2, -0.15) is 11.8 Å². The predicted octanol–water partition coefficient (Wildman–Crippen LogP) is 2.71. The first-order valence-electron chi connectivity index (χ1n) is 7.08. The van der Waals surface area contributed by atoms with E-state index < -0.39 is 0 Å². The fraction of sp³-hybridized carbons (Fsp3) is 0.625. The second-order valence-electron chi connectivity index (χ2n) is 6.32. The molecule has 2 rings (SSSR count). The van der Waals surface area contributed by atoms with Crippen LogP contribution in [0.25, 0.3) is 0 Å². The van der Waals surface area contributed by atoms with Crippen LogP contribution in [0.3, 0.4) is 0 Å². The molecule has 0 aliphatic carbocycles. The third-order valence-corrected chi connectivity index (χ3v) is 5.25. The second-order valence-corrected chi connectivity index (χ2v) is 7.35. The van der Waals surface area contributed by atoms with Gasteiger partial charge in [0.2, 0.25) is 0 Å². The van der Waals surface area contributed by atoms with Crippen LogP contribution in [0.15, 0.2) is 30.3 Å². The number of rotatable bonds is 5. The van der Waals surface area contributed by atoms with Crippen LogP contribution < -0.4 is 5.32 Å². The molecule has 0 saturated carbocycles. The van der Waals surface area contributed by atoms with Gasteiger partial charge in [0, 0.05) is 17.8 Å². The topological polar surface area (TPSA) is 32.3 Å². The summed E-state index contributed by atoms with van der Waals surface area (Å²) >= 11 is 2.02. The van der Waals surface area contributed by atoms with Crippen LogP contribution in [0.1, 0.15) is 25.8 Å². The van der Waals surface area contributed by atoms with Gasteiger partial charge in [-0.15, -0.1) is 0 Å². The number of nitrogens with one attached hydrogen (secondary N) is 1. The van der Waals surface area contributed by atoms with E-state index in [-0.39, 0.29) is 12.6 Å². The largest absolute Gasteiger partial charge is 0.395 e. The number of aliphatic hydroxyl groups is 1. The van der Waals surface area contributed by atoms with E-state index in [0.29, 0.717) is 11.5 Å². The molecule has 2 nitrogen and oxygen atoms in total. The van der Waals surface area contributed by atoms with Crippen LogP contribution in [0.5, 0.6) is 0 Å². The highest BCUT2D eigenvalue weighted by atomic mass is 32.2. The Morgan fingerprint density at radius 1 is 1.37 bits per heavy atom. The van der Waals surface area contributed by atoms with E-state index in [1.54, 1.807) is 0 Å². The van der Waals surface area contributed by atoms with Gasteiger partial charge in [-0.25, -0.2) is 0 Å². The first kappa shape index (κ1) is 14.9. The number of hydrogen-bond acceptors (Lipinski definition) is 3. The van der Waals surface area contributed by atoms with Gasteiger partial charge in [-0.3, -0.25) is 0 Å². The van der Waals surface area contributed by atoms with E-state index in [2.05, 4.69) is 43.4 Å². The minimum atomic E-state index is 0.168. The maximum Gasteiger partial charge on any atom is 0.0587 e. The SMILES string of the molecule is CC1(C)CSCC(N[C@@H](CO)Cc2ccccc2)C1. The van der Waals surface area contributed by atoms with Crippen LogP contribution in [-0.4, -0.2) is 35.3 Å². The smallest absolute Gasteiger partial charge is 0.0587 e. The van der Waals surface area contributed by atoms with Crippen molar-refractivity contribution < 1.29 is 5.11 Å². The Hall–Kier alpha value is -0.510.